The average molecular weight is 377 g/mol. The van der Waals surface area contributed by atoms with Crippen LogP contribution in [0.25, 0.3) is 0 Å². The van der Waals surface area contributed by atoms with E-state index in [4.69, 9.17) is 28.9 Å². The van der Waals surface area contributed by atoms with E-state index in [0.29, 0.717) is 10.0 Å². The molecule has 1 atom stereocenters. The van der Waals surface area contributed by atoms with Gasteiger partial charge in [0.15, 0.2) is 0 Å². The van der Waals surface area contributed by atoms with Crippen molar-refractivity contribution in [3.05, 3.63) is 49.7 Å². The highest BCUT2D eigenvalue weighted by molar-refractivity contribution is 9.10. The smallest absolute Gasteiger partial charge is 0.0738 e. The van der Waals surface area contributed by atoms with Crippen LogP contribution in [0.1, 0.15) is 17.0 Å². The van der Waals surface area contributed by atoms with Crippen LogP contribution in [0.5, 0.6) is 0 Å². The highest BCUT2D eigenvalue weighted by atomic mass is 79.9. The van der Waals surface area contributed by atoms with Gasteiger partial charge in [0, 0.05) is 19.5 Å². The van der Waals surface area contributed by atoms with E-state index in [1.165, 1.54) is 0 Å². The maximum Gasteiger partial charge on any atom is 0.0738 e. The van der Waals surface area contributed by atoms with Crippen molar-refractivity contribution in [3.8, 4) is 0 Å². The van der Waals surface area contributed by atoms with Crippen molar-refractivity contribution in [1.82, 2.24) is 9.78 Å². The Hall–Kier alpha value is -0.550. The molecule has 0 aliphatic carbocycles. The Balaban J connectivity index is 2.08. The SMILES string of the molecule is Cc1nn(C)c(CC(N)Cc2ccc(Cl)c(Cl)c2)c1Br. The zero-order chi connectivity index (χ0) is 14.9. The van der Waals surface area contributed by atoms with Gasteiger partial charge in [0.2, 0.25) is 0 Å². The number of halogens is 3. The molecule has 0 aliphatic heterocycles. The lowest BCUT2D eigenvalue weighted by molar-refractivity contribution is 0.611. The molecular weight excluding hydrogens is 361 g/mol. The quantitative estimate of drug-likeness (QED) is 0.878. The first-order valence-corrected chi connectivity index (χ1v) is 7.81. The van der Waals surface area contributed by atoms with Crippen LogP contribution in [0, 0.1) is 6.92 Å². The molecule has 0 radical (unpaired) electrons. The lowest BCUT2D eigenvalue weighted by Crippen LogP contribution is -2.26. The van der Waals surface area contributed by atoms with Gasteiger partial charge in [0.05, 0.1) is 25.9 Å². The molecule has 1 heterocycles. The fourth-order valence-electron chi connectivity index (χ4n) is 2.19. The van der Waals surface area contributed by atoms with Gasteiger partial charge in [-0.2, -0.15) is 5.10 Å². The summed E-state index contributed by atoms with van der Waals surface area (Å²) in [5.41, 5.74) is 9.40. The average Bonchev–Trinajstić information content (AvgIpc) is 2.61. The summed E-state index contributed by atoms with van der Waals surface area (Å²) >= 11 is 15.5. The molecule has 108 valence electrons. The van der Waals surface area contributed by atoms with Gasteiger partial charge < -0.3 is 5.73 Å². The molecule has 2 N–H and O–H groups in total. The second kappa shape index (κ2) is 6.48. The first-order valence-electron chi connectivity index (χ1n) is 6.26. The number of rotatable bonds is 4. The van der Waals surface area contributed by atoms with Crippen LogP contribution in [0.15, 0.2) is 22.7 Å². The van der Waals surface area contributed by atoms with Gasteiger partial charge in [-0.05, 0) is 47.0 Å². The van der Waals surface area contributed by atoms with Gasteiger partial charge in [-0.25, -0.2) is 0 Å². The second-order valence-electron chi connectivity index (χ2n) is 4.89. The van der Waals surface area contributed by atoms with Crippen LogP contribution in [-0.2, 0) is 19.9 Å². The van der Waals surface area contributed by atoms with Gasteiger partial charge in [-0.3, -0.25) is 4.68 Å². The van der Waals surface area contributed by atoms with Crippen molar-refractivity contribution in [2.45, 2.75) is 25.8 Å². The minimum absolute atomic E-state index is 0.00154. The number of hydrogen-bond acceptors (Lipinski definition) is 2. The van der Waals surface area contributed by atoms with Crippen molar-refractivity contribution in [3.63, 3.8) is 0 Å². The van der Waals surface area contributed by atoms with Crippen molar-refractivity contribution >= 4 is 39.1 Å². The van der Waals surface area contributed by atoms with Crippen molar-refractivity contribution < 1.29 is 0 Å². The molecule has 6 heteroatoms. The fourth-order valence-corrected chi connectivity index (χ4v) is 3.01. The molecule has 0 saturated carbocycles. The number of nitrogens with zero attached hydrogens (tertiary/aromatic N) is 2. The standard InChI is InChI=1S/C14H16BrCl2N3/c1-8-14(15)13(20(2)19-8)7-10(18)5-9-3-4-11(16)12(17)6-9/h3-4,6,10H,5,7,18H2,1-2H3. The summed E-state index contributed by atoms with van der Waals surface area (Å²) in [6.45, 7) is 1.97. The molecule has 0 spiro atoms. The maximum atomic E-state index is 6.23. The number of hydrogen-bond donors (Lipinski definition) is 1. The first kappa shape index (κ1) is 15.8. The van der Waals surface area contributed by atoms with Crippen molar-refractivity contribution in [2.24, 2.45) is 12.8 Å². The highest BCUT2D eigenvalue weighted by Gasteiger charge is 2.15. The molecule has 0 fully saturated rings. The third kappa shape index (κ3) is 3.55. The first-order chi connectivity index (χ1) is 9.38. The molecule has 1 unspecified atom stereocenters. The Labute approximate surface area is 137 Å². The molecule has 2 rings (SSSR count). The summed E-state index contributed by atoms with van der Waals surface area (Å²) in [5, 5.41) is 5.50. The molecule has 0 aliphatic rings. The summed E-state index contributed by atoms with van der Waals surface area (Å²) in [4.78, 5) is 0. The van der Waals surface area contributed by atoms with E-state index in [-0.39, 0.29) is 6.04 Å². The van der Waals surface area contributed by atoms with E-state index in [1.807, 2.05) is 30.8 Å². The van der Waals surface area contributed by atoms with Gasteiger partial charge in [0.25, 0.3) is 0 Å². The number of nitrogens with two attached hydrogens (primary N) is 1. The predicted octanol–water partition coefficient (Wildman–Crippen LogP) is 3.91. The molecule has 20 heavy (non-hydrogen) atoms. The lowest BCUT2D eigenvalue weighted by atomic mass is 10.0. The zero-order valence-corrected chi connectivity index (χ0v) is 14.4. The van der Waals surface area contributed by atoms with E-state index in [0.717, 1.165) is 34.3 Å². The van der Waals surface area contributed by atoms with Crippen LogP contribution in [0.3, 0.4) is 0 Å². The number of benzene rings is 1. The van der Waals surface area contributed by atoms with Gasteiger partial charge in [0.1, 0.15) is 0 Å². The van der Waals surface area contributed by atoms with E-state index < -0.39 is 0 Å². The van der Waals surface area contributed by atoms with E-state index in [1.54, 1.807) is 6.07 Å². The third-order valence-electron chi connectivity index (χ3n) is 3.20. The van der Waals surface area contributed by atoms with Crippen molar-refractivity contribution in [2.75, 3.05) is 0 Å². The third-order valence-corrected chi connectivity index (χ3v) is 4.97. The predicted molar refractivity (Wildman–Crippen MR) is 87.5 cm³/mol. The normalized spacial score (nSPS) is 12.7. The van der Waals surface area contributed by atoms with E-state index >= 15 is 0 Å². The lowest BCUT2D eigenvalue weighted by Gasteiger charge is -2.13. The maximum absolute atomic E-state index is 6.23. The summed E-state index contributed by atoms with van der Waals surface area (Å²) < 4.78 is 2.90. The van der Waals surface area contributed by atoms with Crippen LogP contribution in [0.4, 0.5) is 0 Å². The Morgan fingerprint density at radius 2 is 2.00 bits per heavy atom. The Kier molecular flexibility index (Phi) is 5.13. The Morgan fingerprint density at radius 3 is 2.55 bits per heavy atom. The van der Waals surface area contributed by atoms with Crippen molar-refractivity contribution in [1.29, 1.82) is 0 Å². The molecule has 0 bridgehead atoms. The molecule has 0 saturated heterocycles. The Bertz CT molecular complexity index is 625. The molecule has 2 aromatic rings. The number of aromatic nitrogens is 2. The number of aryl methyl sites for hydroxylation is 2. The fraction of sp³-hybridized carbons (Fsp3) is 0.357. The molecule has 1 aromatic carbocycles. The molecular formula is C14H16BrCl2N3. The molecule has 1 aromatic heterocycles. The molecule has 3 nitrogen and oxygen atoms in total. The monoisotopic (exact) mass is 375 g/mol. The minimum atomic E-state index is -0.00154. The summed E-state index contributed by atoms with van der Waals surface area (Å²) in [5.74, 6) is 0. The molecule has 0 amide bonds. The second-order valence-corrected chi connectivity index (χ2v) is 6.49. The summed E-state index contributed by atoms with van der Waals surface area (Å²) in [7, 11) is 1.93. The van der Waals surface area contributed by atoms with Crippen LogP contribution >= 0.6 is 39.1 Å². The topological polar surface area (TPSA) is 43.8 Å². The van der Waals surface area contributed by atoms with Crippen LogP contribution in [0.2, 0.25) is 10.0 Å². The van der Waals surface area contributed by atoms with E-state index in [2.05, 4.69) is 21.0 Å². The van der Waals surface area contributed by atoms with Gasteiger partial charge >= 0.3 is 0 Å². The van der Waals surface area contributed by atoms with Gasteiger partial charge in [-0.15, -0.1) is 0 Å². The highest BCUT2D eigenvalue weighted by Crippen LogP contribution is 2.24. The largest absolute Gasteiger partial charge is 0.327 e. The minimum Gasteiger partial charge on any atom is -0.327 e. The van der Waals surface area contributed by atoms with Crippen LogP contribution in [-0.4, -0.2) is 15.8 Å². The zero-order valence-electron chi connectivity index (χ0n) is 11.3. The van der Waals surface area contributed by atoms with E-state index in [9.17, 15) is 0 Å². The summed E-state index contributed by atoms with van der Waals surface area (Å²) in [6, 6.07) is 5.62. The summed E-state index contributed by atoms with van der Waals surface area (Å²) in [6.07, 6.45) is 1.49. The Morgan fingerprint density at radius 1 is 1.30 bits per heavy atom. The van der Waals surface area contributed by atoms with Crippen LogP contribution < -0.4 is 5.73 Å². The van der Waals surface area contributed by atoms with Gasteiger partial charge in [-0.1, -0.05) is 29.3 Å².